The molecule has 0 amide bonds. The van der Waals surface area contributed by atoms with Crippen molar-refractivity contribution < 1.29 is 8.42 Å². The van der Waals surface area contributed by atoms with Gasteiger partial charge in [0.1, 0.15) is 0 Å². The Hall–Kier alpha value is -1.76. The zero-order valence-corrected chi connectivity index (χ0v) is 16.2. The van der Waals surface area contributed by atoms with Crippen LogP contribution in [0.1, 0.15) is 45.1 Å². The third kappa shape index (κ3) is 5.92. The van der Waals surface area contributed by atoms with E-state index >= 15 is 0 Å². The van der Waals surface area contributed by atoms with E-state index in [-0.39, 0.29) is 0 Å². The van der Waals surface area contributed by atoms with Gasteiger partial charge in [0.2, 0.25) is 10.0 Å². The number of anilines is 1. The number of nitrogens with one attached hydrogen (secondary N) is 3. The van der Waals surface area contributed by atoms with Crippen LogP contribution in [0.2, 0.25) is 0 Å². The summed E-state index contributed by atoms with van der Waals surface area (Å²) < 4.78 is 25.6. The molecule has 0 unspecified atom stereocenters. The molecule has 1 aromatic carbocycles. The van der Waals surface area contributed by atoms with Gasteiger partial charge in [-0.05, 0) is 43.2 Å². The first-order valence-corrected chi connectivity index (χ1v) is 10.8. The highest BCUT2D eigenvalue weighted by atomic mass is 32.2. The number of benzene rings is 1. The van der Waals surface area contributed by atoms with E-state index in [1.807, 2.05) is 25.1 Å². The quantitative estimate of drug-likeness (QED) is 0.488. The van der Waals surface area contributed by atoms with Crippen molar-refractivity contribution in [1.82, 2.24) is 10.6 Å². The molecule has 1 saturated carbocycles. The lowest BCUT2D eigenvalue weighted by molar-refractivity contribution is 0.131. The van der Waals surface area contributed by atoms with Crippen LogP contribution in [0.15, 0.2) is 29.3 Å². The van der Waals surface area contributed by atoms with Gasteiger partial charge < -0.3 is 10.6 Å². The maximum absolute atomic E-state index is 11.5. The molecule has 0 radical (unpaired) electrons. The van der Waals surface area contributed by atoms with E-state index in [0.29, 0.717) is 17.6 Å². The van der Waals surface area contributed by atoms with Gasteiger partial charge in [-0.3, -0.25) is 4.72 Å². The molecule has 0 aromatic heterocycles. The maximum atomic E-state index is 11.5. The number of guanidine groups is 1. The fourth-order valence-corrected chi connectivity index (χ4v) is 3.67. The first-order chi connectivity index (χ1) is 11.9. The standard InChI is InChI=1S/C18H30N4O2S/c1-4-18(11-8-12-18)14-21-17(19-5-2)20-13-15-9-6-7-10-16(15)22-25(3,23)24/h6-7,9-10,22H,4-5,8,11-14H2,1-3H3,(H2,19,20,21). The van der Waals surface area contributed by atoms with Crippen molar-refractivity contribution in [3.05, 3.63) is 29.8 Å². The van der Waals surface area contributed by atoms with Crippen LogP contribution in [0.25, 0.3) is 0 Å². The molecule has 25 heavy (non-hydrogen) atoms. The predicted molar refractivity (Wildman–Crippen MR) is 104 cm³/mol. The molecular formula is C18H30N4O2S. The first-order valence-electron chi connectivity index (χ1n) is 8.95. The lowest BCUT2D eigenvalue weighted by Crippen LogP contribution is -2.46. The average molecular weight is 367 g/mol. The molecule has 3 N–H and O–H groups in total. The molecule has 2 rings (SSSR count). The summed E-state index contributed by atoms with van der Waals surface area (Å²) in [5.41, 5.74) is 1.83. The summed E-state index contributed by atoms with van der Waals surface area (Å²) in [7, 11) is -3.31. The van der Waals surface area contributed by atoms with Gasteiger partial charge in [-0.1, -0.05) is 31.5 Å². The highest BCUT2D eigenvalue weighted by Gasteiger charge is 2.34. The van der Waals surface area contributed by atoms with E-state index < -0.39 is 10.0 Å². The van der Waals surface area contributed by atoms with Crippen LogP contribution in [0.5, 0.6) is 0 Å². The molecule has 1 aromatic rings. The van der Waals surface area contributed by atoms with Crippen molar-refractivity contribution >= 4 is 21.7 Å². The lowest BCUT2D eigenvalue weighted by Gasteiger charge is -2.41. The SMILES string of the molecule is CCNC(=NCc1ccccc1NS(C)(=O)=O)NCC1(CC)CCC1. The van der Waals surface area contributed by atoms with Crippen LogP contribution in [0, 0.1) is 5.41 Å². The average Bonchev–Trinajstić information content (AvgIpc) is 2.51. The smallest absolute Gasteiger partial charge is 0.229 e. The molecule has 6 nitrogen and oxygen atoms in total. The number of para-hydroxylation sites is 1. The van der Waals surface area contributed by atoms with Gasteiger partial charge >= 0.3 is 0 Å². The number of hydrogen-bond acceptors (Lipinski definition) is 3. The van der Waals surface area contributed by atoms with Crippen molar-refractivity contribution in [2.45, 2.75) is 46.1 Å². The molecule has 0 atom stereocenters. The Bertz CT molecular complexity index is 691. The third-order valence-corrected chi connectivity index (χ3v) is 5.45. The summed E-state index contributed by atoms with van der Waals surface area (Å²) in [4.78, 5) is 4.63. The van der Waals surface area contributed by atoms with Gasteiger partial charge in [0.05, 0.1) is 18.5 Å². The Morgan fingerprint density at radius 2 is 1.92 bits per heavy atom. The van der Waals surface area contributed by atoms with E-state index in [1.54, 1.807) is 6.07 Å². The summed E-state index contributed by atoms with van der Waals surface area (Å²) in [6.45, 7) is 6.41. The van der Waals surface area contributed by atoms with E-state index in [1.165, 1.54) is 25.7 Å². The maximum Gasteiger partial charge on any atom is 0.229 e. The molecule has 1 aliphatic carbocycles. The van der Waals surface area contributed by atoms with Crippen molar-refractivity contribution in [2.75, 3.05) is 24.1 Å². The number of nitrogens with zero attached hydrogens (tertiary/aromatic N) is 1. The van der Waals surface area contributed by atoms with Crippen LogP contribution in [-0.2, 0) is 16.6 Å². The molecule has 0 aliphatic heterocycles. The molecule has 1 aliphatic rings. The van der Waals surface area contributed by atoms with Gasteiger partial charge in [0.15, 0.2) is 5.96 Å². The number of aliphatic imine (C=N–C) groups is 1. The normalized spacial score (nSPS) is 16.8. The fraction of sp³-hybridized carbons (Fsp3) is 0.611. The van der Waals surface area contributed by atoms with Crippen LogP contribution in [0.3, 0.4) is 0 Å². The molecule has 0 spiro atoms. The van der Waals surface area contributed by atoms with E-state index in [9.17, 15) is 8.42 Å². The van der Waals surface area contributed by atoms with Gasteiger partial charge in [-0.25, -0.2) is 13.4 Å². The number of hydrogen-bond donors (Lipinski definition) is 3. The monoisotopic (exact) mass is 366 g/mol. The minimum absolute atomic E-state index is 0.409. The Balaban J connectivity index is 2.05. The molecular weight excluding hydrogens is 336 g/mol. The summed E-state index contributed by atoms with van der Waals surface area (Å²) in [5, 5.41) is 6.72. The number of sulfonamides is 1. The summed E-state index contributed by atoms with van der Waals surface area (Å²) in [6.07, 6.45) is 6.20. The van der Waals surface area contributed by atoms with Crippen molar-refractivity contribution in [3.63, 3.8) is 0 Å². The zero-order chi connectivity index (χ0) is 18.3. The molecule has 1 fully saturated rings. The minimum Gasteiger partial charge on any atom is -0.357 e. The van der Waals surface area contributed by atoms with Gasteiger partial charge in [-0.15, -0.1) is 0 Å². The van der Waals surface area contributed by atoms with E-state index in [4.69, 9.17) is 0 Å². The summed E-state index contributed by atoms with van der Waals surface area (Å²) in [5.74, 6) is 0.774. The Kier molecular flexibility index (Phi) is 6.70. The summed E-state index contributed by atoms with van der Waals surface area (Å²) >= 11 is 0. The lowest BCUT2D eigenvalue weighted by atomic mass is 9.67. The molecule has 0 saturated heterocycles. The Morgan fingerprint density at radius 3 is 2.48 bits per heavy atom. The largest absolute Gasteiger partial charge is 0.357 e. The van der Waals surface area contributed by atoms with E-state index in [2.05, 4.69) is 27.3 Å². The van der Waals surface area contributed by atoms with E-state index in [0.717, 1.165) is 30.9 Å². The molecule has 0 heterocycles. The fourth-order valence-electron chi connectivity index (χ4n) is 3.07. The predicted octanol–water partition coefficient (Wildman–Crippen LogP) is 2.69. The highest BCUT2D eigenvalue weighted by Crippen LogP contribution is 2.42. The second-order valence-electron chi connectivity index (χ2n) is 6.79. The third-order valence-electron chi connectivity index (χ3n) is 4.86. The molecule has 7 heteroatoms. The Morgan fingerprint density at radius 1 is 1.20 bits per heavy atom. The summed E-state index contributed by atoms with van der Waals surface area (Å²) in [6, 6.07) is 7.34. The van der Waals surface area contributed by atoms with Gasteiger partial charge in [0, 0.05) is 13.1 Å². The minimum atomic E-state index is -3.31. The topological polar surface area (TPSA) is 82.6 Å². The van der Waals surface area contributed by atoms with Crippen molar-refractivity contribution in [2.24, 2.45) is 10.4 Å². The second-order valence-corrected chi connectivity index (χ2v) is 8.54. The van der Waals surface area contributed by atoms with Gasteiger partial charge in [-0.2, -0.15) is 0 Å². The first kappa shape index (κ1) is 19.6. The van der Waals surface area contributed by atoms with Crippen molar-refractivity contribution in [3.8, 4) is 0 Å². The van der Waals surface area contributed by atoms with Crippen LogP contribution >= 0.6 is 0 Å². The van der Waals surface area contributed by atoms with Crippen molar-refractivity contribution in [1.29, 1.82) is 0 Å². The van der Waals surface area contributed by atoms with Crippen LogP contribution in [-0.4, -0.2) is 33.7 Å². The van der Waals surface area contributed by atoms with Gasteiger partial charge in [0.25, 0.3) is 0 Å². The zero-order valence-electron chi connectivity index (χ0n) is 15.4. The molecule has 0 bridgehead atoms. The molecule has 140 valence electrons. The Labute approximate surface area is 151 Å². The van der Waals surface area contributed by atoms with Crippen LogP contribution in [0.4, 0.5) is 5.69 Å². The highest BCUT2D eigenvalue weighted by molar-refractivity contribution is 7.92. The second kappa shape index (κ2) is 8.56. The number of rotatable bonds is 8. The van der Waals surface area contributed by atoms with Crippen LogP contribution < -0.4 is 15.4 Å².